The fraction of sp³-hybridized carbons (Fsp3) is 0.150. The summed E-state index contributed by atoms with van der Waals surface area (Å²) >= 11 is 1.52. The lowest BCUT2D eigenvalue weighted by molar-refractivity contribution is -0.118. The number of carbonyl (C=O) groups is 2. The standard InChI is InChI=1S/C20H17FN4O2S/c1-11(26)22-8-9-23-20(27)13-6-7-14-17(18(13)21)19(25-24-14)16-10-12-4-2-3-5-15(12)28-16/h2-7,10H,8-9H2,1H3,(H,22,26)(H,23,27)(H,24,25). The summed E-state index contributed by atoms with van der Waals surface area (Å²) in [6.07, 6.45) is 0. The predicted molar refractivity (Wildman–Crippen MR) is 108 cm³/mol. The molecule has 142 valence electrons. The summed E-state index contributed by atoms with van der Waals surface area (Å²) in [7, 11) is 0. The summed E-state index contributed by atoms with van der Waals surface area (Å²) in [5.41, 5.74) is 0.959. The minimum atomic E-state index is -0.615. The van der Waals surface area contributed by atoms with E-state index in [1.165, 1.54) is 24.3 Å². The zero-order chi connectivity index (χ0) is 19.7. The Balaban J connectivity index is 1.67. The molecule has 0 bridgehead atoms. The lowest BCUT2D eigenvalue weighted by Gasteiger charge is -2.07. The van der Waals surface area contributed by atoms with E-state index < -0.39 is 11.7 Å². The largest absolute Gasteiger partial charge is 0.355 e. The Morgan fingerprint density at radius 3 is 2.71 bits per heavy atom. The molecular weight excluding hydrogens is 379 g/mol. The van der Waals surface area contributed by atoms with E-state index in [-0.39, 0.29) is 24.6 Å². The fourth-order valence-corrected chi connectivity index (χ4v) is 4.09. The van der Waals surface area contributed by atoms with Crippen molar-refractivity contribution < 1.29 is 14.0 Å². The van der Waals surface area contributed by atoms with Crippen LogP contribution in [0.25, 0.3) is 31.6 Å². The third kappa shape index (κ3) is 3.34. The van der Waals surface area contributed by atoms with Gasteiger partial charge < -0.3 is 10.6 Å². The zero-order valence-electron chi connectivity index (χ0n) is 15.0. The van der Waals surface area contributed by atoms with Crippen LogP contribution < -0.4 is 10.6 Å². The van der Waals surface area contributed by atoms with Gasteiger partial charge in [0.05, 0.1) is 21.3 Å². The molecule has 0 aliphatic carbocycles. The summed E-state index contributed by atoms with van der Waals surface area (Å²) in [5.74, 6) is -1.34. The number of nitrogens with one attached hydrogen (secondary N) is 3. The van der Waals surface area contributed by atoms with Gasteiger partial charge in [-0.1, -0.05) is 18.2 Å². The van der Waals surface area contributed by atoms with Crippen molar-refractivity contribution in [2.45, 2.75) is 6.92 Å². The lowest BCUT2D eigenvalue weighted by Crippen LogP contribution is -2.34. The number of aromatic amines is 1. The number of carbonyl (C=O) groups excluding carboxylic acids is 2. The van der Waals surface area contributed by atoms with Crippen molar-refractivity contribution in [2.24, 2.45) is 0 Å². The third-order valence-corrected chi connectivity index (χ3v) is 5.48. The normalized spacial score (nSPS) is 11.1. The monoisotopic (exact) mass is 396 g/mol. The quantitative estimate of drug-likeness (QED) is 0.452. The van der Waals surface area contributed by atoms with Crippen molar-refractivity contribution in [1.82, 2.24) is 20.8 Å². The molecule has 6 nitrogen and oxygen atoms in total. The van der Waals surface area contributed by atoms with Crippen LogP contribution in [-0.2, 0) is 4.79 Å². The fourth-order valence-electron chi connectivity index (χ4n) is 3.03. The predicted octanol–water partition coefficient (Wildman–Crippen LogP) is 3.45. The van der Waals surface area contributed by atoms with E-state index >= 15 is 4.39 Å². The second-order valence-corrected chi connectivity index (χ2v) is 7.39. The maximum absolute atomic E-state index is 15.2. The summed E-state index contributed by atoms with van der Waals surface area (Å²) in [6, 6.07) is 12.9. The molecule has 8 heteroatoms. The van der Waals surface area contributed by atoms with Gasteiger partial charge in [0, 0.05) is 24.7 Å². The van der Waals surface area contributed by atoms with Gasteiger partial charge in [-0.3, -0.25) is 14.7 Å². The van der Waals surface area contributed by atoms with Crippen LogP contribution in [-0.4, -0.2) is 35.1 Å². The molecule has 0 aliphatic rings. The van der Waals surface area contributed by atoms with Crippen LogP contribution in [0.2, 0.25) is 0 Å². The number of fused-ring (bicyclic) bond motifs is 2. The summed E-state index contributed by atoms with van der Waals surface area (Å²) in [6.45, 7) is 1.89. The van der Waals surface area contributed by atoms with Gasteiger partial charge in [0.15, 0.2) is 0 Å². The first-order valence-electron chi connectivity index (χ1n) is 8.73. The molecule has 0 radical (unpaired) electrons. The van der Waals surface area contributed by atoms with Gasteiger partial charge in [0.2, 0.25) is 5.91 Å². The lowest BCUT2D eigenvalue weighted by atomic mass is 10.1. The van der Waals surface area contributed by atoms with Crippen LogP contribution >= 0.6 is 11.3 Å². The van der Waals surface area contributed by atoms with Crippen LogP contribution in [0.15, 0.2) is 42.5 Å². The van der Waals surface area contributed by atoms with Crippen molar-refractivity contribution in [3.05, 3.63) is 53.8 Å². The Morgan fingerprint density at radius 2 is 1.93 bits per heavy atom. The highest BCUT2D eigenvalue weighted by Gasteiger charge is 2.20. The first-order chi connectivity index (χ1) is 13.5. The number of amides is 2. The van der Waals surface area contributed by atoms with Crippen LogP contribution in [0.3, 0.4) is 0 Å². The molecule has 0 aliphatic heterocycles. The molecule has 3 N–H and O–H groups in total. The number of nitrogens with zero attached hydrogens (tertiary/aromatic N) is 1. The number of aromatic nitrogens is 2. The Morgan fingerprint density at radius 1 is 1.14 bits per heavy atom. The molecule has 0 fully saturated rings. The molecule has 2 aromatic carbocycles. The molecule has 2 heterocycles. The number of hydrogen-bond acceptors (Lipinski definition) is 4. The topological polar surface area (TPSA) is 86.9 Å². The molecule has 0 spiro atoms. The van der Waals surface area contributed by atoms with E-state index in [0.717, 1.165) is 15.0 Å². The number of hydrogen-bond donors (Lipinski definition) is 3. The SMILES string of the molecule is CC(=O)NCCNC(=O)c1ccc2[nH]nc(-c3cc4ccccc4s3)c2c1F. The maximum Gasteiger partial charge on any atom is 0.254 e. The third-order valence-electron chi connectivity index (χ3n) is 4.35. The first kappa shape index (κ1) is 18.1. The van der Waals surface area contributed by atoms with Gasteiger partial charge in [-0.25, -0.2) is 4.39 Å². The average molecular weight is 396 g/mol. The highest BCUT2D eigenvalue weighted by Crippen LogP contribution is 2.37. The molecule has 0 atom stereocenters. The van der Waals surface area contributed by atoms with Crippen molar-refractivity contribution >= 4 is 44.1 Å². The van der Waals surface area contributed by atoms with Gasteiger partial charge in [0.1, 0.15) is 11.5 Å². The Hall–Kier alpha value is -3.26. The maximum atomic E-state index is 15.2. The second-order valence-electron chi connectivity index (χ2n) is 6.31. The first-order valence-corrected chi connectivity index (χ1v) is 9.54. The number of H-pyrrole nitrogens is 1. The van der Waals surface area contributed by atoms with Gasteiger partial charge >= 0.3 is 0 Å². The van der Waals surface area contributed by atoms with E-state index in [0.29, 0.717) is 16.6 Å². The van der Waals surface area contributed by atoms with Crippen molar-refractivity contribution in [3.8, 4) is 10.6 Å². The Bertz CT molecular complexity index is 1160. The Kier molecular flexibility index (Phi) is 4.79. The zero-order valence-corrected chi connectivity index (χ0v) is 15.8. The van der Waals surface area contributed by atoms with Crippen LogP contribution in [0.5, 0.6) is 0 Å². The van der Waals surface area contributed by atoms with Crippen LogP contribution in [0.4, 0.5) is 4.39 Å². The van der Waals surface area contributed by atoms with Crippen LogP contribution in [0.1, 0.15) is 17.3 Å². The minimum Gasteiger partial charge on any atom is -0.355 e. The number of rotatable bonds is 5. The number of thiophene rings is 1. The van der Waals surface area contributed by atoms with Crippen molar-refractivity contribution in [1.29, 1.82) is 0 Å². The number of halogens is 1. The summed E-state index contributed by atoms with van der Waals surface area (Å²) in [4.78, 5) is 24.1. The van der Waals surface area contributed by atoms with Gasteiger partial charge in [-0.15, -0.1) is 11.3 Å². The van der Waals surface area contributed by atoms with Crippen molar-refractivity contribution in [2.75, 3.05) is 13.1 Å². The summed E-state index contributed by atoms with van der Waals surface area (Å²) < 4.78 is 16.3. The molecule has 4 rings (SSSR count). The van der Waals surface area contributed by atoms with Gasteiger partial charge in [0.25, 0.3) is 5.91 Å². The Labute approximate surface area is 163 Å². The van der Waals surface area contributed by atoms with E-state index in [1.54, 1.807) is 6.07 Å². The molecule has 0 saturated heterocycles. The highest BCUT2D eigenvalue weighted by atomic mass is 32.1. The smallest absolute Gasteiger partial charge is 0.254 e. The highest BCUT2D eigenvalue weighted by molar-refractivity contribution is 7.22. The molecular formula is C20H17FN4O2S. The van der Waals surface area contributed by atoms with Crippen LogP contribution in [0, 0.1) is 5.82 Å². The van der Waals surface area contributed by atoms with Gasteiger partial charge in [-0.2, -0.15) is 5.10 Å². The van der Waals surface area contributed by atoms with Gasteiger partial charge in [-0.05, 0) is 29.7 Å². The molecule has 28 heavy (non-hydrogen) atoms. The average Bonchev–Trinajstić information content (AvgIpc) is 3.29. The second kappa shape index (κ2) is 7.40. The molecule has 4 aromatic rings. The van der Waals surface area contributed by atoms with Crippen molar-refractivity contribution in [3.63, 3.8) is 0 Å². The summed E-state index contributed by atoms with van der Waals surface area (Å²) in [5, 5.41) is 13.7. The molecule has 0 unspecified atom stereocenters. The minimum absolute atomic E-state index is 0.0564. The molecule has 2 aromatic heterocycles. The molecule has 2 amide bonds. The van der Waals surface area contributed by atoms with E-state index in [2.05, 4.69) is 20.8 Å². The molecule has 0 saturated carbocycles. The van der Waals surface area contributed by atoms with E-state index in [1.807, 2.05) is 30.3 Å². The van der Waals surface area contributed by atoms with E-state index in [4.69, 9.17) is 0 Å². The van der Waals surface area contributed by atoms with E-state index in [9.17, 15) is 9.59 Å². The number of benzene rings is 2.